The minimum Gasteiger partial charge on any atom is -0.464 e. The maximum Gasteiger partial charge on any atom is 0.416 e. The van der Waals surface area contributed by atoms with Gasteiger partial charge in [0.05, 0.1) is 18.4 Å². The van der Waals surface area contributed by atoms with Gasteiger partial charge in [-0.15, -0.1) is 0 Å². The molecule has 0 aliphatic rings. The van der Waals surface area contributed by atoms with E-state index in [1.165, 1.54) is 33.2 Å². The average molecular weight is 358 g/mol. The highest BCUT2D eigenvalue weighted by atomic mass is 19.4. The van der Waals surface area contributed by atoms with Crippen LogP contribution in [0.5, 0.6) is 0 Å². The van der Waals surface area contributed by atoms with E-state index in [0.29, 0.717) is 0 Å². The molecule has 1 aromatic carbocycles. The monoisotopic (exact) mass is 358 g/mol. The Balaban J connectivity index is 0.00000576. The molecule has 6 nitrogen and oxygen atoms in total. The van der Waals surface area contributed by atoms with E-state index in [9.17, 15) is 18.0 Å². The smallest absolute Gasteiger partial charge is 0.416 e. The van der Waals surface area contributed by atoms with E-state index in [1.54, 1.807) is 0 Å². The van der Waals surface area contributed by atoms with E-state index < -0.39 is 17.7 Å². The molecule has 0 saturated heterocycles. The second kappa shape index (κ2) is 10.1. The van der Waals surface area contributed by atoms with Gasteiger partial charge in [0, 0.05) is 7.05 Å². The Morgan fingerprint density at radius 1 is 1.32 bits per heavy atom. The summed E-state index contributed by atoms with van der Waals surface area (Å²) in [6.07, 6.45) is -4.42. The molecule has 2 N–H and O–H groups in total. The summed E-state index contributed by atoms with van der Waals surface area (Å²) in [5.74, 6) is 4.28. The zero-order valence-corrected chi connectivity index (χ0v) is 13.8. The van der Waals surface area contributed by atoms with Crippen LogP contribution in [0.2, 0.25) is 0 Å². The lowest BCUT2D eigenvalue weighted by Gasteiger charge is -2.08. The molecule has 0 aliphatic heterocycles. The number of nitrogens with zero attached hydrogens (tertiary/aromatic N) is 2. The van der Waals surface area contributed by atoms with Gasteiger partial charge in [-0.2, -0.15) is 13.2 Å². The summed E-state index contributed by atoms with van der Waals surface area (Å²) in [6.45, 7) is 1.35. The van der Waals surface area contributed by atoms with Gasteiger partial charge in [0.15, 0.2) is 12.3 Å². The van der Waals surface area contributed by atoms with Crippen LogP contribution in [0.15, 0.2) is 34.4 Å². The first kappa shape index (κ1) is 22.1. The fourth-order valence-electron chi connectivity index (χ4n) is 1.55. The summed E-state index contributed by atoms with van der Waals surface area (Å²) in [5.41, 5.74) is -0.292. The number of methoxy groups -OCH3 is 1. The van der Waals surface area contributed by atoms with Crippen LogP contribution < -0.4 is 0 Å². The van der Waals surface area contributed by atoms with Crippen molar-refractivity contribution in [2.45, 2.75) is 13.1 Å². The number of aliphatic imine (C=N–C) groups is 1. The molecular formula is C16H17F3N2O4. The number of benzene rings is 1. The number of halogens is 3. The summed E-state index contributed by atoms with van der Waals surface area (Å²) >= 11 is 0. The van der Waals surface area contributed by atoms with Crippen LogP contribution >= 0.6 is 0 Å². The van der Waals surface area contributed by atoms with Crippen LogP contribution in [-0.2, 0) is 20.5 Å². The standard InChI is InChI=1S/C16H15F3N2O3.H2O/c1-11(12-6-4-7-13(10-12)16(17,18)19)21-24-9-5-8-14(20-2)15(22)23-3;/h4,6-7,10H,9H2,1-3H3;1H2/b20-14?,21-11+;. The molecule has 0 amide bonds. The van der Waals surface area contributed by atoms with Crippen molar-refractivity contribution in [2.75, 3.05) is 20.8 Å². The quantitative estimate of drug-likeness (QED) is 0.270. The summed E-state index contributed by atoms with van der Waals surface area (Å²) < 4.78 is 42.4. The molecule has 0 spiro atoms. The Labute approximate surface area is 142 Å². The maximum absolute atomic E-state index is 12.6. The van der Waals surface area contributed by atoms with Crippen molar-refractivity contribution in [3.8, 4) is 11.8 Å². The first-order valence-electron chi connectivity index (χ1n) is 6.67. The normalized spacial score (nSPS) is 11.8. The molecule has 0 fully saturated rings. The molecule has 9 heteroatoms. The zero-order valence-electron chi connectivity index (χ0n) is 13.8. The Morgan fingerprint density at radius 3 is 2.56 bits per heavy atom. The first-order chi connectivity index (χ1) is 11.3. The van der Waals surface area contributed by atoms with Gasteiger partial charge in [-0.1, -0.05) is 23.2 Å². The van der Waals surface area contributed by atoms with Gasteiger partial charge >= 0.3 is 12.1 Å². The van der Waals surface area contributed by atoms with Gasteiger partial charge < -0.3 is 15.1 Å². The number of hydrogen-bond acceptors (Lipinski definition) is 5. The number of hydrogen-bond donors (Lipinski definition) is 0. The summed E-state index contributed by atoms with van der Waals surface area (Å²) in [5, 5.41) is 3.70. The predicted octanol–water partition coefficient (Wildman–Crippen LogP) is 1.87. The molecule has 0 unspecified atom stereocenters. The number of carbonyl (C=O) groups is 1. The number of esters is 1. The second-order valence-electron chi connectivity index (χ2n) is 4.39. The molecule has 136 valence electrons. The number of alkyl halides is 3. The molecule has 0 aliphatic carbocycles. The van der Waals surface area contributed by atoms with Crippen molar-refractivity contribution in [3.63, 3.8) is 0 Å². The SMILES string of the molecule is CN=C(C#CCO/N=C(\C)c1cccc(C(F)(F)F)c1)C(=O)OC.O. The van der Waals surface area contributed by atoms with Crippen LogP contribution in [0.25, 0.3) is 0 Å². The fourth-order valence-corrected chi connectivity index (χ4v) is 1.55. The van der Waals surface area contributed by atoms with Crippen molar-refractivity contribution >= 4 is 17.4 Å². The van der Waals surface area contributed by atoms with E-state index in [4.69, 9.17) is 4.84 Å². The third-order valence-electron chi connectivity index (χ3n) is 2.76. The van der Waals surface area contributed by atoms with E-state index in [2.05, 4.69) is 26.7 Å². The fraction of sp³-hybridized carbons (Fsp3) is 0.312. The van der Waals surface area contributed by atoms with Gasteiger partial charge in [0.1, 0.15) is 0 Å². The van der Waals surface area contributed by atoms with Crippen molar-refractivity contribution in [1.82, 2.24) is 0 Å². The lowest BCUT2D eigenvalue weighted by atomic mass is 10.1. The molecule has 0 saturated carbocycles. The number of carbonyl (C=O) groups excluding carboxylic acids is 1. The molecule has 1 rings (SSSR count). The lowest BCUT2D eigenvalue weighted by Crippen LogP contribution is -2.13. The highest BCUT2D eigenvalue weighted by Crippen LogP contribution is 2.29. The third-order valence-corrected chi connectivity index (χ3v) is 2.76. The van der Waals surface area contributed by atoms with E-state index in [-0.39, 0.29) is 29.1 Å². The van der Waals surface area contributed by atoms with Crippen molar-refractivity contribution in [3.05, 3.63) is 35.4 Å². The van der Waals surface area contributed by atoms with Gasteiger partial charge in [-0.25, -0.2) is 4.79 Å². The Kier molecular flexibility index (Phi) is 8.94. The summed E-state index contributed by atoms with van der Waals surface area (Å²) in [4.78, 5) is 19.7. The van der Waals surface area contributed by atoms with Crippen LogP contribution in [0.1, 0.15) is 18.1 Å². The van der Waals surface area contributed by atoms with Gasteiger partial charge in [0.25, 0.3) is 0 Å². The Hall–Kier alpha value is -2.86. The third kappa shape index (κ3) is 7.05. The van der Waals surface area contributed by atoms with Gasteiger partial charge in [-0.05, 0) is 30.5 Å². The van der Waals surface area contributed by atoms with Gasteiger partial charge in [0.2, 0.25) is 0 Å². The van der Waals surface area contributed by atoms with Crippen LogP contribution in [0, 0.1) is 11.8 Å². The Bertz CT molecular complexity index is 716. The van der Waals surface area contributed by atoms with Gasteiger partial charge in [-0.3, -0.25) is 4.99 Å². The average Bonchev–Trinajstić information content (AvgIpc) is 2.56. The number of ether oxygens (including phenoxy) is 1. The van der Waals surface area contributed by atoms with Crippen LogP contribution in [-0.4, -0.2) is 43.6 Å². The van der Waals surface area contributed by atoms with Crippen molar-refractivity contribution in [1.29, 1.82) is 0 Å². The highest BCUT2D eigenvalue weighted by molar-refractivity contribution is 6.43. The summed E-state index contributed by atoms with van der Waals surface area (Å²) in [6, 6.07) is 4.73. The van der Waals surface area contributed by atoms with Crippen LogP contribution in [0.4, 0.5) is 13.2 Å². The largest absolute Gasteiger partial charge is 0.464 e. The number of rotatable bonds is 4. The molecule has 0 radical (unpaired) electrons. The molecule has 25 heavy (non-hydrogen) atoms. The van der Waals surface area contributed by atoms with E-state index >= 15 is 0 Å². The zero-order chi connectivity index (χ0) is 18.2. The lowest BCUT2D eigenvalue weighted by molar-refractivity contribution is -0.137. The topological polar surface area (TPSA) is 91.8 Å². The number of oxime groups is 1. The van der Waals surface area contributed by atoms with Crippen molar-refractivity contribution < 1.29 is 33.0 Å². The second-order valence-corrected chi connectivity index (χ2v) is 4.39. The minimum absolute atomic E-state index is 0. The molecule has 0 atom stereocenters. The molecule has 1 aromatic rings. The maximum atomic E-state index is 12.6. The molecule has 0 heterocycles. The summed E-state index contributed by atoms with van der Waals surface area (Å²) in [7, 11) is 2.59. The highest BCUT2D eigenvalue weighted by Gasteiger charge is 2.30. The van der Waals surface area contributed by atoms with Crippen LogP contribution in [0.3, 0.4) is 0 Å². The molecular weight excluding hydrogens is 341 g/mol. The van der Waals surface area contributed by atoms with E-state index in [1.807, 2.05) is 0 Å². The first-order valence-corrected chi connectivity index (χ1v) is 6.67. The Morgan fingerprint density at radius 2 is 2.00 bits per heavy atom. The predicted molar refractivity (Wildman–Crippen MR) is 86.4 cm³/mol. The molecule has 0 bridgehead atoms. The minimum atomic E-state index is -4.42. The van der Waals surface area contributed by atoms with E-state index in [0.717, 1.165) is 12.1 Å². The molecule has 0 aromatic heterocycles. The van der Waals surface area contributed by atoms with Crippen molar-refractivity contribution in [2.24, 2.45) is 10.1 Å².